The van der Waals surface area contributed by atoms with Crippen LogP contribution in [0.2, 0.25) is 0 Å². The van der Waals surface area contributed by atoms with Crippen LogP contribution in [0, 0.1) is 0 Å². The number of rotatable bonds is 2. The van der Waals surface area contributed by atoms with Crippen molar-refractivity contribution in [2.24, 2.45) is 0 Å². The summed E-state index contributed by atoms with van der Waals surface area (Å²) >= 11 is 0. The van der Waals surface area contributed by atoms with Gasteiger partial charge in [-0.1, -0.05) is 6.07 Å². The average molecular weight is 202 g/mol. The second kappa shape index (κ2) is 3.84. The van der Waals surface area contributed by atoms with Gasteiger partial charge in [0.25, 0.3) is 0 Å². The first-order valence-electron chi connectivity index (χ1n) is 6.14. The largest absolute Gasteiger partial charge is 0.357 e. The van der Waals surface area contributed by atoms with Crippen molar-refractivity contribution in [3.63, 3.8) is 0 Å². The van der Waals surface area contributed by atoms with E-state index in [1.54, 1.807) is 0 Å². The van der Waals surface area contributed by atoms with Gasteiger partial charge in [0.05, 0.1) is 0 Å². The monoisotopic (exact) mass is 202 g/mol. The zero-order chi connectivity index (χ0) is 10.1. The first-order valence-corrected chi connectivity index (χ1v) is 6.14. The Hall–Kier alpha value is -1.05. The summed E-state index contributed by atoms with van der Waals surface area (Å²) in [5, 5.41) is 0. The minimum atomic E-state index is 0.827. The summed E-state index contributed by atoms with van der Waals surface area (Å²) in [5.41, 5.74) is 1.44. The van der Waals surface area contributed by atoms with E-state index in [4.69, 9.17) is 0 Å². The molecule has 1 aromatic rings. The first kappa shape index (κ1) is 9.20. The highest BCUT2D eigenvalue weighted by Gasteiger charge is 2.23. The van der Waals surface area contributed by atoms with Crippen molar-refractivity contribution in [3.05, 3.63) is 23.9 Å². The van der Waals surface area contributed by atoms with Crippen molar-refractivity contribution in [1.82, 2.24) is 4.98 Å². The predicted octanol–water partition coefficient (Wildman–Crippen LogP) is 2.95. The van der Waals surface area contributed by atoms with Crippen LogP contribution < -0.4 is 4.90 Å². The van der Waals surface area contributed by atoms with Gasteiger partial charge >= 0.3 is 0 Å². The normalized spacial score (nSPS) is 21.7. The van der Waals surface area contributed by atoms with Crippen LogP contribution in [0.1, 0.15) is 43.6 Å². The van der Waals surface area contributed by atoms with Crippen LogP contribution in [0.4, 0.5) is 5.82 Å². The third-order valence-corrected chi connectivity index (χ3v) is 3.50. The van der Waals surface area contributed by atoms with Crippen molar-refractivity contribution in [2.75, 3.05) is 18.0 Å². The first-order chi connectivity index (χ1) is 7.43. The minimum absolute atomic E-state index is 0.827. The van der Waals surface area contributed by atoms with Crippen LogP contribution in [0.15, 0.2) is 18.3 Å². The lowest BCUT2D eigenvalue weighted by atomic mass is 10.1. The number of nitrogens with zero attached hydrogens (tertiary/aromatic N) is 2. The van der Waals surface area contributed by atoms with Crippen molar-refractivity contribution < 1.29 is 0 Å². The minimum Gasteiger partial charge on any atom is -0.357 e. The molecule has 2 fully saturated rings. The molecule has 1 saturated carbocycles. The molecule has 2 heteroatoms. The smallest absolute Gasteiger partial charge is 0.128 e. The van der Waals surface area contributed by atoms with Gasteiger partial charge in [0.1, 0.15) is 5.82 Å². The van der Waals surface area contributed by atoms with Crippen molar-refractivity contribution in [1.29, 1.82) is 0 Å². The molecule has 0 spiro atoms. The Kier molecular flexibility index (Phi) is 2.35. The second-order valence-corrected chi connectivity index (χ2v) is 4.77. The van der Waals surface area contributed by atoms with Gasteiger partial charge in [-0.05, 0) is 49.7 Å². The Morgan fingerprint density at radius 3 is 2.47 bits per heavy atom. The fourth-order valence-corrected chi connectivity index (χ4v) is 2.37. The van der Waals surface area contributed by atoms with Crippen LogP contribution in [-0.2, 0) is 0 Å². The molecule has 15 heavy (non-hydrogen) atoms. The highest BCUT2D eigenvalue weighted by atomic mass is 15.2. The van der Waals surface area contributed by atoms with Gasteiger partial charge in [0.2, 0.25) is 0 Å². The van der Waals surface area contributed by atoms with Gasteiger partial charge in [-0.15, -0.1) is 0 Å². The predicted molar refractivity (Wildman–Crippen MR) is 62.3 cm³/mol. The van der Waals surface area contributed by atoms with Gasteiger partial charge in [-0.3, -0.25) is 0 Å². The Balaban J connectivity index is 1.73. The highest BCUT2D eigenvalue weighted by Crippen LogP contribution is 2.39. The summed E-state index contributed by atoms with van der Waals surface area (Å²) in [6.45, 7) is 2.38. The van der Waals surface area contributed by atoms with Crippen molar-refractivity contribution >= 4 is 5.82 Å². The molecule has 80 valence electrons. The molecule has 0 unspecified atom stereocenters. The average Bonchev–Trinajstić information content (AvgIpc) is 3.15. The van der Waals surface area contributed by atoms with E-state index < -0.39 is 0 Å². The van der Waals surface area contributed by atoms with Crippen LogP contribution >= 0.6 is 0 Å². The third kappa shape index (κ3) is 1.99. The molecule has 2 nitrogen and oxygen atoms in total. The number of hydrogen-bond acceptors (Lipinski definition) is 2. The lowest BCUT2D eigenvalue weighted by molar-refractivity contribution is 0.573. The maximum Gasteiger partial charge on any atom is 0.128 e. The fourth-order valence-electron chi connectivity index (χ4n) is 2.37. The zero-order valence-corrected chi connectivity index (χ0v) is 9.15. The van der Waals surface area contributed by atoms with E-state index in [0.717, 1.165) is 5.92 Å². The van der Waals surface area contributed by atoms with E-state index in [-0.39, 0.29) is 0 Å². The van der Waals surface area contributed by atoms with Gasteiger partial charge in [0, 0.05) is 19.3 Å². The molecular formula is C13H18N2. The molecule has 0 aromatic carbocycles. The summed E-state index contributed by atoms with van der Waals surface area (Å²) in [7, 11) is 0. The maximum atomic E-state index is 4.59. The molecule has 0 atom stereocenters. The molecule has 0 radical (unpaired) electrons. The second-order valence-electron chi connectivity index (χ2n) is 4.77. The van der Waals surface area contributed by atoms with E-state index in [2.05, 4.69) is 28.2 Å². The number of aromatic nitrogens is 1. The molecule has 1 aromatic heterocycles. The molecule has 0 amide bonds. The molecular weight excluding hydrogens is 184 g/mol. The van der Waals surface area contributed by atoms with E-state index in [1.807, 2.05) is 0 Å². The topological polar surface area (TPSA) is 16.1 Å². The molecule has 0 bridgehead atoms. The van der Waals surface area contributed by atoms with Crippen LogP contribution in [0.3, 0.4) is 0 Å². The summed E-state index contributed by atoms with van der Waals surface area (Å²) < 4.78 is 0. The Bertz CT molecular complexity index is 321. The molecule has 1 aliphatic heterocycles. The molecule has 1 aliphatic carbocycles. The highest BCUT2D eigenvalue weighted by molar-refractivity contribution is 5.40. The summed E-state index contributed by atoms with van der Waals surface area (Å²) in [5.74, 6) is 2.01. The summed E-state index contributed by atoms with van der Waals surface area (Å²) in [6.07, 6.45) is 8.85. The lowest BCUT2D eigenvalue weighted by Crippen LogP contribution is -2.30. The fraction of sp³-hybridized carbons (Fsp3) is 0.615. The van der Waals surface area contributed by atoms with Gasteiger partial charge in [0.15, 0.2) is 0 Å². The van der Waals surface area contributed by atoms with E-state index in [0.29, 0.717) is 0 Å². The summed E-state index contributed by atoms with van der Waals surface area (Å²) in [4.78, 5) is 7.01. The van der Waals surface area contributed by atoms with Crippen LogP contribution in [-0.4, -0.2) is 18.1 Å². The number of pyridine rings is 1. The Labute approximate surface area is 91.3 Å². The van der Waals surface area contributed by atoms with Crippen LogP contribution in [0.25, 0.3) is 0 Å². The number of hydrogen-bond donors (Lipinski definition) is 0. The maximum absolute atomic E-state index is 4.59. The molecule has 2 aliphatic rings. The SMILES string of the molecule is c1cc(N2CCCCC2)ncc1C1CC1. The molecule has 3 rings (SSSR count). The van der Waals surface area contributed by atoms with Gasteiger partial charge < -0.3 is 4.90 Å². The third-order valence-electron chi connectivity index (χ3n) is 3.50. The quantitative estimate of drug-likeness (QED) is 0.733. The summed E-state index contributed by atoms with van der Waals surface area (Å²) in [6, 6.07) is 4.48. The molecule has 0 N–H and O–H groups in total. The van der Waals surface area contributed by atoms with E-state index >= 15 is 0 Å². The van der Waals surface area contributed by atoms with Crippen molar-refractivity contribution in [3.8, 4) is 0 Å². The van der Waals surface area contributed by atoms with Gasteiger partial charge in [-0.2, -0.15) is 0 Å². The number of anilines is 1. The standard InChI is InChI=1S/C13H18N2/c1-2-8-15(9-3-1)13-7-6-12(10-14-13)11-4-5-11/h6-7,10-11H,1-5,8-9H2. The Morgan fingerprint density at radius 2 is 1.87 bits per heavy atom. The molecule has 2 heterocycles. The van der Waals surface area contributed by atoms with Crippen LogP contribution in [0.5, 0.6) is 0 Å². The molecule has 1 saturated heterocycles. The van der Waals surface area contributed by atoms with Gasteiger partial charge in [-0.25, -0.2) is 4.98 Å². The van der Waals surface area contributed by atoms with E-state index in [9.17, 15) is 0 Å². The zero-order valence-electron chi connectivity index (χ0n) is 9.15. The van der Waals surface area contributed by atoms with Crippen molar-refractivity contribution in [2.45, 2.75) is 38.0 Å². The Morgan fingerprint density at radius 1 is 1.07 bits per heavy atom. The number of piperidine rings is 1. The van der Waals surface area contributed by atoms with E-state index in [1.165, 1.54) is 56.6 Å². The lowest BCUT2D eigenvalue weighted by Gasteiger charge is -2.27.